The van der Waals surface area contributed by atoms with Gasteiger partial charge in [-0.1, -0.05) is 35.5 Å². The van der Waals surface area contributed by atoms with Crippen molar-refractivity contribution in [3.05, 3.63) is 64.0 Å². The maximum atomic E-state index is 13.0. The Labute approximate surface area is 160 Å². The zero-order valence-corrected chi connectivity index (χ0v) is 15.5. The number of likely N-dealkylation sites (tertiary alicyclic amines) is 1. The van der Waals surface area contributed by atoms with E-state index in [-0.39, 0.29) is 16.9 Å². The van der Waals surface area contributed by atoms with E-state index >= 15 is 0 Å². The first-order valence-electron chi connectivity index (χ1n) is 9.33. The Morgan fingerprint density at radius 2 is 1.93 bits per heavy atom. The molecule has 1 fully saturated rings. The van der Waals surface area contributed by atoms with Crippen molar-refractivity contribution in [2.45, 2.75) is 31.7 Å². The highest BCUT2D eigenvalue weighted by molar-refractivity contribution is 5.92. The molecule has 4 heterocycles. The third-order valence-electron chi connectivity index (χ3n) is 5.77. The smallest absolute Gasteiger partial charge is 0.280 e. The quantitative estimate of drug-likeness (QED) is 0.676. The van der Waals surface area contributed by atoms with Crippen molar-refractivity contribution in [1.29, 1.82) is 0 Å². The molecule has 1 unspecified atom stereocenters. The number of hydrogen-bond acceptors (Lipinski definition) is 6. The minimum Gasteiger partial charge on any atom is -0.361 e. The lowest BCUT2D eigenvalue weighted by molar-refractivity contribution is 0.0772. The highest BCUT2D eigenvalue weighted by Gasteiger charge is 2.48. The van der Waals surface area contributed by atoms with Crippen molar-refractivity contribution in [3.8, 4) is 11.3 Å². The molecule has 3 aromatic rings. The molecule has 8 nitrogen and oxygen atoms in total. The van der Waals surface area contributed by atoms with Gasteiger partial charge in [-0.25, -0.2) is 0 Å². The molecule has 0 saturated carbocycles. The predicted octanol–water partition coefficient (Wildman–Crippen LogP) is 1.79. The van der Waals surface area contributed by atoms with Gasteiger partial charge in [-0.3, -0.25) is 14.2 Å². The average molecular weight is 377 g/mol. The van der Waals surface area contributed by atoms with Crippen molar-refractivity contribution < 1.29 is 9.32 Å². The lowest BCUT2D eigenvalue weighted by atomic mass is 9.85. The van der Waals surface area contributed by atoms with Crippen LogP contribution in [0.4, 0.5) is 0 Å². The van der Waals surface area contributed by atoms with Crippen LogP contribution in [0.1, 0.15) is 34.9 Å². The predicted molar refractivity (Wildman–Crippen MR) is 99.8 cm³/mol. The van der Waals surface area contributed by atoms with E-state index < -0.39 is 0 Å². The molecule has 1 spiro atoms. The minimum atomic E-state index is -0.324. The van der Waals surface area contributed by atoms with E-state index in [1.165, 1.54) is 0 Å². The Hall–Kier alpha value is -3.29. The van der Waals surface area contributed by atoms with E-state index in [4.69, 9.17) is 4.52 Å². The molecule has 0 aliphatic carbocycles. The van der Waals surface area contributed by atoms with Gasteiger partial charge in [0, 0.05) is 31.3 Å². The van der Waals surface area contributed by atoms with E-state index in [1.54, 1.807) is 22.5 Å². The summed E-state index contributed by atoms with van der Waals surface area (Å²) in [5.41, 5.74) is 1.00. The Morgan fingerprint density at radius 3 is 2.68 bits per heavy atom. The SMILES string of the molecule is Cc1cc(C(=O)N2CCC3(CCn4c3nnc(-c3ccccc3)c4=O)C2)no1. The summed E-state index contributed by atoms with van der Waals surface area (Å²) in [5, 5.41) is 12.5. The Balaban J connectivity index is 1.46. The van der Waals surface area contributed by atoms with Crippen molar-refractivity contribution in [1.82, 2.24) is 24.8 Å². The molecule has 142 valence electrons. The van der Waals surface area contributed by atoms with E-state index in [1.807, 2.05) is 30.3 Å². The first kappa shape index (κ1) is 16.9. The van der Waals surface area contributed by atoms with Gasteiger partial charge in [-0.2, -0.15) is 0 Å². The van der Waals surface area contributed by atoms with Crippen LogP contribution >= 0.6 is 0 Å². The lowest BCUT2D eigenvalue weighted by Crippen LogP contribution is -2.35. The van der Waals surface area contributed by atoms with Crippen LogP contribution in [-0.4, -0.2) is 43.8 Å². The standard InChI is InChI=1S/C20H19N5O3/c1-13-11-15(23-28-13)17(26)24-9-7-20(12-24)8-10-25-18(27)16(21-22-19(20)25)14-5-3-2-4-6-14/h2-6,11H,7-10,12H2,1H3. The summed E-state index contributed by atoms with van der Waals surface area (Å²) in [6.07, 6.45) is 1.53. The van der Waals surface area contributed by atoms with Crippen molar-refractivity contribution >= 4 is 5.91 Å². The largest absolute Gasteiger partial charge is 0.361 e. The summed E-state index contributed by atoms with van der Waals surface area (Å²) in [6.45, 7) is 3.46. The summed E-state index contributed by atoms with van der Waals surface area (Å²) in [4.78, 5) is 27.5. The molecule has 0 N–H and O–H groups in total. The summed E-state index contributed by atoms with van der Waals surface area (Å²) in [7, 11) is 0. The van der Waals surface area contributed by atoms with Gasteiger partial charge in [-0.15, -0.1) is 10.2 Å². The second kappa shape index (κ2) is 6.12. The highest BCUT2D eigenvalue weighted by atomic mass is 16.5. The summed E-state index contributed by atoms with van der Waals surface area (Å²) in [5.74, 6) is 1.14. The average Bonchev–Trinajstić information content (AvgIpc) is 3.43. The van der Waals surface area contributed by atoms with Crippen LogP contribution in [0, 0.1) is 6.92 Å². The number of amides is 1. The third-order valence-corrected chi connectivity index (χ3v) is 5.77. The molecule has 0 radical (unpaired) electrons. The van der Waals surface area contributed by atoms with Crippen LogP contribution in [0.2, 0.25) is 0 Å². The fourth-order valence-electron chi connectivity index (χ4n) is 4.29. The lowest BCUT2D eigenvalue weighted by Gasteiger charge is -2.22. The number of carbonyl (C=O) groups is 1. The molecule has 5 rings (SSSR count). The van der Waals surface area contributed by atoms with Gasteiger partial charge in [-0.05, 0) is 19.8 Å². The molecule has 28 heavy (non-hydrogen) atoms. The molecule has 1 atom stereocenters. The first-order valence-corrected chi connectivity index (χ1v) is 9.33. The zero-order chi connectivity index (χ0) is 19.3. The van der Waals surface area contributed by atoms with Gasteiger partial charge in [0.25, 0.3) is 11.5 Å². The summed E-state index contributed by atoms with van der Waals surface area (Å²) < 4.78 is 6.75. The van der Waals surface area contributed by atoms with Crippen LogP contribution in [0.25, 0.3) is 11.3 Å². The number of benzene rings is 1. The Morgan fingerprint density at radius 1 is 1.14 bits per heavy atom. The molecule has 2 aliphatic heterocycles. The number of carbonyl (C=O) groups excluding carboxylic acids is 1. The monoisotopic (exact) mass is 377 g/mol. The van der Waals surface area contributed by atoms with E-state index in [2.05, 4.69) is 15.4 Å². The maximum absolute atomic E-state index is 13.0. The van der Waals surface area contributed by atoms with Gasteiger partial charge < -0.3 is 9.42 Å². The fraction of sp³-hybridized carbons (Fsp3) is 0.350. The van der Waals surface area contributed by atoms with Gasteiger partial charge in [0.2, 0.25) is 0 Å². The number of hydrogen-bond donors (Lipinski definition) is 0. The maximum Gasteiger partial charge on any atom is 0.280 e. The number of nitrogens with zero attached hydrogens (tertiary/aromatic N) is 5. The molecule has 1 aromatic carbocycles. The zero-order valence-electron chi connectivity index (χ0n) is 15.5. The van der Waals surface area contributed by atoms with Crippen molar-refractivity contribution in [2.24, 2.45) is 0 Å². The van der Waals surface area contributed by atoms with Crippen molar-refractivity contribution in [3.63, 3.8) is 0 Å². The molecule has 1 saturated heterocycles. The molecule has 2 aliphatic rings. The normalized spacial score (nSPS) is 20.7. The third kappa shape index (κ3) is 2.48. The second-order valence-electron chi connectivity index (χ2n) is 7.52. The highest BCUT2D eigenvalue weighted by Crippen LogP contribution is 2.41. The van der Waals surface area contributed by atoms with Crippen molar-refractivity contribution in [2.75, 3.05) is 13.1 Å². The van der Waals surface area contributed by atoms with Crippen LogP contribution in [0.15, 0.2) is 45.7 Å². The molecule has 1 amide bonds. The number of rotatable bonds is 2. The van der Waals surface area contributed by atoms with Gasteiger partial charge in [0.05, 0.1) is 5.41 Å². The van der Waals surface area contributed by atoms with Gasteiger partial charge >= 0.3 is 0 Å². The number of fused-ring (bicyclic) bond motifs is 2. The fourth-order valence-corrected chi connectivity index (χ4v) is 4.29. The van der Waals surface area contributed by atoms with Gasteiger partial charge in [0.1, 0.15) is 11.6 Å². The van der Waals surface area contributed by atoms with E-state index in [0.717, 1.165) is 18.4 Å². The molecule has 8 heteroatoms. The topological polar surface area (TPSA) is 94.1 Å². The summed E-state index contributed by atoms with van der Waals surface area (Å²) in [6, 6.07) is 11.0. The van der Waals surface area contributed by atoms with Crippen LogP contribution in [0.3, 0.4) is 0 Å². The number of aryl methyl sites for hydroxylation is 1. The van der Waals surface area contributed by atoms with E-state index in [0.29, 0.717) is 42.6 Å². The Kier molecular flexibility index (Phi) is 3.68. The van der Waals surface area contributed by atoms with Crippen LogP contribution in [-0.2, 0) is 12.0 Å². The molecule has 0 bridgehead atoms. The Bertz CT molecular complexity index is 1120. The van der Waals surface area contributed by atoms with Crippen LogP contribution in [0.5, 0.6) is 0 Å². The van der Waals surface area contributed by atoms with Gasteiger partial charge in [0.15, 0.2) is 11.4 Å². The molecule has 2 aromatic heterocycles. The van der Waals surface area contributed by atoms with Crippen LogP contribution < -0.4 is 5.56 Å². The minimum absolute atomic E-state index is 0.120. The first-order chi connectivity index (χ1) is 13.6. The summed E-state index contributed by atoms with van der Waals surface area (Å²) >= 11 is 0. The molecular weight excluding hydrogens is 358 g/mol. The molecular formula is C20H19N5O3. The second-order valence-corrected chi connectivity index (χ2v) is 7.52. The number of aromatic nitrogens is 4. The van der Waals surface area contributed by atoms with E-state index in [9.17, 15) is 9.59 Å².